The number of halogens is 2. The van der Waals surface area contributed by atoms with E-state index in [0.717, 1.165) is 0 Å². The van der Waals surface area contributed by atoms with Gasteiger partial charge in [-0.25, -0.2) is 8.22 Å². The maximum absolute atomic E-state index is 11.9. The van der Waals surface area contributed by atoms with E-state index in [9.17, 15) is 8.22 Å². The van der Waals surface area contributed by atoms with Crippen molar-refractivity contribution in [3.05, 3.63) is 30.3 Å². The highest BCUT2D eigenvalue weighted by atomic mass is 28.5. The predicted octanol–water partition coefficient (Wildman–Crippen LogP) is 1.43. The molecule has 5 heteroatoms. The van der Waals surface area contributed by atoms with E-state index in [0.29, 0.717) is 0 Å². The van der Waals surface area contributed by atoms with Crippen LogP contribution in [0.4, 0.5) is 8.22 Å². The molecule has 0 saturated carbocycles. The van der Waals surface area contributed by atoms with Crippen LogP contribution in [-0.4, -0.2) is 14.0 Å². The minimum Gasteiger partial charge on any atom is -0.475 e. The van der Waals surface area contributed by atoms with Crippen LogP contribution in [-0.2, 0) is 0 Å². The number of benzene rings is 1. The van der Waals surface area contributed by atoms with Gasteiger partial charge in [-0.2, -0.15) is 0 Å². The predicted molar refractivity (Wildman–Crippen MR) is 37.3 cm³/mol. The van der Waals surface area contributed by atoms with Crippen molar-refractivity contribution in [3.63, 3.8) is 0 Å². The van der Waals surface area contributed by atoms with E-state index in [4.69, 9.17) is 4.80 Å². The van der Waals surface area contributed by atoms with Gasteiger partial charge < -0.3 is 9.22 Å². The van der Waals surface area contributed by atoms with Crippen molar-refractivity contribution in [2.24, 2.45) is 0 Å². The van der Waals surface area contributed by atoms with Crippen LogP contribution in [0.25, 0.3) is 0 Å². The van der Waals surface area contributed by atoms with Crippen molar-refractivity contribution in [2.75, 3.05) is 0 Å². The third-order valence-corrected chi connectivity index (χ3v) is 1.47. The molecule has 1 N–H and O–H groups in total. The molecule has 0 aliphatic heterocycles. The van der Waals surface area contributed by atoms with Gasteiger partial charge in [0.05, 0.1) is 0 Å². The summed E-state index contributed by atoms with van der Waals surface area (Å²) >= 11 is 0. The second kappa shape index (κ2) is 2.98. The van der Waals surface area contributed by atoms with Gasteiger partial charge in [-0.3, -0.25) is 0 Å². The molecule has 0 saturated heterocycles. The van der Waals surface area contributed by atoms with Gasteiger partial charge in [-0.1, -0.05) is 18.2 Å². The van der Waals surface area contributed by atoms with Crippen LogP contribution in [0.2, 0.25) is 0 Å². The molecule has 0 aliphatic carbocycles. The monoisotopic (exact) mass is 176 g/mol. The quantitative estimate of drug-likeness (QED) is 0.545. The van der Waals surface area contributed by atoms with Crippen molar-refractivity contribution in [2.45, 2.75) is 0 Å². The van der Waals surface area contributed by atoms with Crippen molar-refractivity contribution in [1.82, 2.24) is 0 Å². The lowest BCUT2D eigenvalue weighted by Crippen LogP contribution is -2.30. The Morgan fingerprint density at radius 2 is 1.73 bits per heavy atom. The van der Waals surface area contributed by atoms with Gasteiger partial charge in [0.2, 0.25) is 0 Å². The molecule has 0 spiro atoms. The van der Waals surface area contributed by atoms with Gasteiger partial charge in [-0.05, 0) is 12.1 Å². The van der Waals surface area contributed by atoms with E-state index < -0.39 is 9.23 Å². The summed E-state index contributed by atoms with van der Waals surface area (Å²) in [5.74, 6) is -0.00772. The molecule has 11 heavy (non-hydrogen) atoms. The lowest BCUT2D eigenvalue weighted by atomic mass is 10.3. The normalized spacial score (nSPS) is 11.2. The second-order valence-corrected chi connectivity index (χ2v) is 3.08. The van der Waals surface area contributed by atoms with E-state index in [1.54, 1.807) is 18.2 Å². The molecule has 0 amide bonds. The van der Waals surface area contributed by atoms with Crippen LogP contribution in [0, 0.1) is 0 Å². The lowest BCUT2D eigenvalue weighted by molar-refractivity contribution is 0.231. The number of rotatable bonds is 2. The first kappa shape index (κ1) is 8.16. The van der Waals surface area contributed by atoms with E-state index in [1.807, 2.05) is 0 Å². The van der Waals surface area contributed by atoms with E-state index in [2.05, 4.69) is 4.43 Å². The average molecular weight is 176 g/mol. The standard InChI is InChI=1S/C6H6F2O2Si/c7-11(8,9)10-6-4-2-1-3-5-6/h1-5,9H. The largest absolute Gasteiger partial charge is 0.830 e. The molecule has 1 rings (SSSR count). The molecule has 0 fully saturated rings. The first-order valence-electron chi connectivity index (χ1n) is 2.92. The zero-order valence-electron chi connectivity index (χ0n) is 5.50. The molecule has 2 nitrogen and oxygen atoms in total. The molecular weight excluding hydrogens is 170 g/mol. The molecule has 0 radical (unpaired) electrons. The van der Waals surface area contributed by atoms with E-state index in [-0.39, 0.29) is 5.75 Å². The molecule has 0 unspecified atom stereocenters. The van der Waals surface area contributed by atoms with Gasteiger partial charge >= 0.3 is 9.23 Å². The summed E-state index contributed by atoms with van der Waals surface area (Å²) in [6.07, 6.45) is 0. The molecule has 0 aliphatic rings. The molecule has 0 heterocycles. The van der Waals surface area contributed by atoms with E-state index >= 15 is 0 Å². The smallest absolute Gasteiger partial charge is 0.475 e. The minimum absolute atomic E-state index is 0.00772. The number of hydrogen-bond donors (Lipinski definition) is 1. The highest BCUT2D eigenvalue weighted by molar-refractivity contribution is 6.51. The summed E-state index contributed by atoms with van der Waals surface area (Å²) in [5, 5.41) is 0. The molecular formula is C6H6F2O2Si. The summed E-state index contributed by atoms with van der Waals surface area (Å²) < 4.78 is 27.7. The Balaban J connectivity index is 2.66. The van der Waals surface area contributed by atoms with Crippen LogP contribution < -0.4 is 4.43 Å². The first-order chi connectivity index (χ1) is 5.08. The third kappa shape index (κ3) is 3.10. The van der Waals surface area contributed by atoms with E-state index in [1.165, 1.54) is 12.1 Å². The SMILES string of the molecule is O[Si](F)(F)Oc1ccccc1. The summed E-state index contributed by atoms with van der Waals surface area (Å²) in [4.78, 5) is 8.05. The molecule has 60 valence electrons. The Kier molecular flexibility index (Phi) is 2.21. The van der Waals surface area contributed by atoms with Gasteiger partial charge in [0, 0.05) is 0 Å². The fourth-order valence-corrected chi connectivity index (χ4v) is 1.05. The highest BCUT2D eigenvalue weighted by Crippen LogP contribution is 2.14. The molecule has 0 atom stereocenters. The summed E-state index contributed by atoms with van der Waals surface area (Å²) in [5.41, 5.74) is 0. The maximum atomic E-state index is 11.9. The first-order valence-corrected chi connectivity index (χ1v) is 4.53. The van der Waals surface area contributed by atoms with Crippen molar-refractivity contribution >= 4 is 9.23 Å². The molecule has 1 aromatic rings. The highest BCUT2D eigenvalue weighted by Gasteiger charge is 2.40. The van der Waals surface area contributed by atoms with Crippen LogP contribution in [0.5, 0.6) is 5.75 Å². The summed E-state index contributed by atoms with van der Waals surface area (Å²) in [7, 11) is -5.40. The Hall–Kier alpha value is -0.943. The van der Waals surface area contributed by atoms with Crippen molar-refractivity contribution < 1.29 is 17.4 Å². The van der Waals surface area contributed by atoms with Crippen molar-refractivity contribution in [3.8, 4) is 5.75 Å². The third-order valence-electron chi connectivity index (χ3n) is 0.984. The minimum atomic E-state index is -5.40. The molecule has 0 bridgehead atoms. The Morgan fingerprint density at radius 1 is 1.18 bits per heavy atom. The molecule has 0 aromatic heterocycles. The van der Waals surface area contributed by atoms with Gasteiger partial charge in [0.1, 0.15) is 5.75 Å². The lowest BCUT2D eigenvalue weighted by Gasteiger charge is -2.06. The van der Waals surface area contributed by atoms with Gasteiger partial charge in [0.25, 0.3) is 0 Å². The second-order valence-electron chi connectivity index (χ2n) is 1.90. The zero-order chi connectivity index (χ0) is 8.32. The zero-order valence-corrected chi connectivity index (χ0v) is 6.50. The number of para-hydroxylation sites is 1. The summed E-state index contributed by atoms with van der Waals surface area (Å²) in [6, 6.07) is 7.49. The Labute approximate surface area is 63.6 Å². The van der Waals surface area contributed by atoms with Crippen LogP contribution in [0.1, 0.15) is 0 Å². The average Bonchev–Trinajstić information content (AvgIpc) is 1.85. The summed E-state index contributed by atoms with van der Waals surface area (Å²) in [6.45, 7) is 0. The van der Waals surface area contributed by atoms with Crippen LogP contribution >= 0.6 is 0 Å². The van der Waals surface area contributed by atoms with Crippen molar-refractivity contribution in [1.29, 1.82) is 0 Å². The van der Waals surface area contributed by atoms with Crippen LogP contribution in [0.15, 0.2) is 30.3 Å². The Morgan fingerprint density at radius 3 is 2.18 bits per heavy atom. The van der Waals surface area contributed by atoms with Gasteiger partial charge in [0.15, 0.2) is 0 Å². The van der Waals surface area contributed by atoms with Gasteiger partial charge in [-0.15, -0.1) is 0 Å². The topological polar surface area (TPSA) is 29.5 Å². The fourth-order valence-electron chi connectivity index (χ4n) is 0.630. The fraction of sp³-hybridized carbons (Fsp3) is 0. The number of hydrogen-bond acceptors (Lipinski definition) is 2. The maximum Gasteiger partial charge on any atom is 0.830 e. The molecule has 1 aromatic carbocycles. The van der Waals surface area contributed by atoms with Crippen LogP contribution in [0.3, 0.4) is 0 Å². The Bertz CT molecular complexity index is 222.